The first-order chi connectivity index (χ1) is 32.7. The maximum Gasteiger partial charge on any atom is 0.165 e. The standard InChI is InChI=1S/C61H38N4S/c1-2-16-39(17-3-1)44-20-4-7-26-53(44)60-62-59(63-61(64-60)54-28-15-27-52-51-25-10-13-31-57(51)66-58(52)54)41-34-32-40(33-35-41)45-36-37-46(48-22-6-5-21-47(45)48)42-18-14-19-43(38-42)65-55-29-11-8-23-49(55)50-24-9-12-30-56(50)65/h1-38H. The van der Waals surface area contributed by atoms with E-state index in [-0.39, 0.29) is 0 Å². The molecule has 13 aromatic rings. The third-order valence-electron chi connectivity index (χ3n) is 12.9. The molecule has 0 unspecified atom stereocenters. The molecule has 0 aliphatic carbocycles. The van der Waals surface area contributed by atoms with Crippen LogP contribution in [0.3, 0.4) is 0 Å². The quantitative estimate of drug-likeness (QED) is 0.160. The fourth-order valence-electron chi connectivity index (χ4n) is 9.83. The van der Waals surface area contributed by atoms with Crippen molar-refractivity contribution in [2.75, 3.05) is 0 Å². The third-order valence-corrected chi connectivity index (χ3v) is 14.1. The first-order valence-corrected chi connectivity index (χ1v) is 23.1. The second-order valence-corrected chi connectivity index (χ2v) is 17.8. The van der Waals surface area contributed by atoms with Gasteiger partial charge in [-0.15, -0.1) is 11.3 Å². The first-order valence-electron chi connectivity index (χ1n) is 22.3. The predicted molar refractivity (Wildman–Crippen MR) is 277 cm³/mol. The number of nitrogens with zero attached hydrogens (tertiary/aromatic N) is 4. The summed E-state index contributed by atoms with van der Waals surface area (Å²) in [4.78, 5) is 15.8. The Hall–Kier alpha value is -8.51. The summed E-state index contributed by atoms with van der Waals surface area (Å²) in [6.07, 6.45) is 0. The number of rotatable bonds is 7. The van der Waals surface area contributed by atoms with Gasteiger partial charge in [-0.05, 0) is 80.6 Å². The highest BCUT2D eigenvalue weighted by Crippen LogP contribution is 2.42. The van der Waals surface area contributed by atoms with Crippen molar-refractivity contribution >= 4 is 64.1 Å². The molecule has 0 atom stereocenters. The van der Waals surface area contributed by atoms with Crippen molar-refractivity contribution in [1.82, 2.24) is 19.5 Å². The molecule has 3 aromatic heterocycles. The Morgan fingerprint density at radius 2 is 0.773 bits per heavy atom. The van der Waals surface area contributed by atoms with E-state index in [2.05, 4.69) is 229 Å². The summed E-state index contributed by atoms with van der Waals surface area (Å²) < 4.78 is 4.80. The smallest absolute Gasteiger partial charge is 0.165 e. The van der Waals surface area contributed by atoms with E-state index in [0.717, 1.165) is 39.1 Å². The zero-order valence-corrected chi connectivity index (χ0v) is 36.5. The zero-order chi connectivity index (χ0) is 43.6. The lowest BCUT2D eigenvalue weighted by molar-refractivity contribution is 1.08. The number of aromatic nitrogens is 4. The minimum absolute atomic E-state index is 0.630. The minimum Gasteiger partial charge on any atom is -0.309 e. The zero-order valence-electron chi connectivity index (χ0n) is 35.6. The molecule has 0 saturated heterocycles. The molecule has 10 aromatic carbocycles. The molecule has 0 aliphatic heterocycles. The average Bonchev–Trinajstić information content (AvgIpc) is 3.95. The van der Waals surface area contributed by atoms with Crippen LogP contribution < -0.4 is 0 Å². The second kappa shape index (κ2) is 15.6. The highest BCUT2D eigenvalue weighted by atomic mass is 32.1. The van der Waals surface area contributed by atoms with E-state index < -0.39 is 0 Å². The van der Waals surface area contributed by atoms with Gasteiger partial charge in [0.25, 0.3) is 0 Å². The topological polar surface area (TPSA) is 43.6 Å². The number of fused-ring (bicyclic) bond motifs is 7. The number of benzene rings is 10. The number of para-hydroxylation sites is 2. The fourth-order valence-corrected chi connectivity index (χ4v) is 11.0. The summed E-state index contributed by atoms with van der Waals surface area (Å²) in [6, 6.07) is 82.2. The average molecular weight is 859 g/mol. The van der Waals surface area contributed by atoms with Gasteiger partial charge in [-0.1, -0.05) is 194 Å². The van der Waals surface area contributed by atoms with Crippen LogP contribution in [0.25, 0.3) is 126 Å². The van der Waals surface area contributed by atoms with Gasteiger partial charge in [-0.3, -0.25) is 0 Å². The molecule has 3 heterocycles. The highest BCUT2D eigenvalue weighted by molar-refractivity contribution is 7.26. The van der Waals surface area contributed by atoms with Gasteiger partial charge in [-0.2, -0.15) is 0 Å². The lowest BCUT2D eigenvalue weighted by Gasteiger charge is -2.15. The molecule has 0 radical (unpaired) electrons. The van der Waals surface area contributed by atoms with Crippen LogP contribution in [0.15, 0.2) is 231 Å². The molecular formula is C61H38N4S. The van der Waals surface area contributed by atoms with Crippen molar-refractivity contribution in [1.29, 1.82) is 0 Å². The number of hydrogen-bond acceptors (Lipinski definition) is 4. The van der Waals surface area contributed by atoms with Crippen molar-refractivity contribution in [3.05, 3.63) is 231 Å². The van der Waals surface area contributed by atoms with Crippen molar-refractivity contribution in [2.45, 2.75) is 0 Å². The maximum absolute atomic E-state index is 5.27. The molecule has 0 saturated carbocycles. The normalized spacial score (nSPS) is 11.6. The molecule has 4 nitrogen and oxygen atoms in total. The number of thiophene rings is 1. The van der Waals surface area contributed by atoms with Crippen molar-refractivity contribution < 1.29 is 0 Å². The van der Waals surface area contributed by atoms with Crippen molar-refractivity contribution in [3.63, 3.8) is 0 Å². The monoisotopic (exact) mass is 858 g/mol. The number of hydrogen-bond donors (Lipinski definition) is 0. The summed E-state index contributed by atoms with van der Waals surface area (Å²) in [7, 11) is 0. The molecule has 308 valence electrons. The van der Waals surface area contributed by atoms with Gasteiger partial charge in [0.1, 0.15) is 0 Å². The highest BCUT2D eigenvalue weighted by Gasteiger charge is 2.19. The van der Waals surface area contributed by atoms with E-state index in [1.54, 1.807) is 11.3 Å². The largest absolute Gasteiger partial charge is 0.309 e. The molecule has 66 heavy (non-hydrogen) atoms. The Bertz CT molecular complexity index is 3940. The van der Waals surface area contributed by atoms with Gasteiger partial charge in [0.15, 0.2) is 17.5 Å². The van der Waals surface area contributed by atoms with Crippen molar-refractivity contribution in [3.8, 4) is 73.2 Å². The molecule has 0 amide bonds. The predicted octanol–water partition coefficient (Wildman–Crippen LogP) is 16.5. The second-order valence-electron chi connectivity index (χ2n) is 16.7. The van der Waals surface area contributed by atoms with Gasteiger partial charge in [0.2, 0.25) is 0 Å². The van der Waals surface area contributed by atoms with Crippen LogP contribution in [0.1, 0.15) is 0 Å². The SMILES string of the molecule is c1ccc(-c2ccccc2-c2nc(-c3ccc(-c4ccc(-c5cccc(-n6c7ccccc7c7ccccc76)c5)c5ccccc45)cc3)nc(-c3cccc4c3sc3ccccc34)n2)cc1. The minimum atomic E-state index is 0.630. The van der Waals surface area contributed by atoms with Gasteiger partial charge in [-0.25, -0.2) is 15.0 Å². The Labute approximate surface area is 385 Å². The van der Waals surface area contributed by atoms with E-state index >= 15 is 0 Å². The maximum atomic E-state index is 5.27. The molecular weight excluding hydrogens is 821 g/mol. The molecule has 0 spiro atoms. The molecule has 13 rings (SSSR count). The van der Waals surface area contributed by atoms with E-state index in [4.69, 9.17) is 15.0 Å². The van der Waals surface area contributed by atoms with Crippen molar-refractivity contribution in [2.24, 2.45) is 0 Å². The Morgan fingerprint density at radius 3 is 1.50 bits per heavy atom. The fraction of sp³-hybridized carbons (Fsp3) is 0. The van der Waals surface area contributed by atoms with E-state index in [9.17, 15) is 0 Å². The molecule has 0 aliphatic rings. The summed E-state index contributed by atoms with van der Waals surface area (Å²) in [5.41, 5.74) is 13.3. The lowest BCUT2D eigenvalue weighted by Crippen LogP contribution is -2.01. The van der Waals surface area contributed by atoms with Crippen LogP contribution in [0.4, 0.5) is 0 Å². The van der Waals surface area contributed by atoms with E-state index in [0.29, 0.717) is 17.5 Å². The molecule has 5 heteroatoms. The first kappa shape index (κ1) is 38.0. The van der Waals surface area contributed by atoms with Crippen LogP contribution in [0.5, 0.6) is 0 Å². The Kier molecular flexibility index (Phi) is 9.00. The molecule has 0 N–H and O–H groups in total. The van der Waals surface area contributed by atoms with Gasteiger partial charge >= 0.3 is 0 Å². The Balaban J connectivity index is 0.915. The summed E-state index contributed by atoms with van der Waals surface area (Å²) in [6.45, 7) is 0. The summed E-state index contributed by atoms with van der Waals surface area (Å²) in [5, 5.41) is 7.37. The summed E-state index contributed by atoms with van der Waals surface area (Å²) in [5.74, 6) is 1.93. The Morgan fingerprint density at radius 1 is 0.288 bits per heavy atom. The van der Waals surface area contributed by atoms with E-state index in [1.165, 1.54) is 69.4 Å². The van der Waals surface area contributed by atoms with Crippen LogP contribution in [0.2, 0.25) is 0 Å². The van der Waals surface area contributed by atoms with Crippen LogP contribution in [-0.4, -0.2) is 19.5 Å². The van der Waals surface area contributed by atoms with Gasteiger partial charge in [0.05, 0.1) is 11.0 Å². The van der Waals surface area contributed by atoms with Gasteiger partial charge in [0, 0.05) is 53.3 Å². The van der Waals surface area contributed by atoms with Gasteiger partial charge < -0.3 is 4.57 Å². The van der Waals surface area contributed by atoms with Crippen LogP contribution in [-0.2, 0) is 0 Å². The summed E-state index contributed by atoms with van der Waals surface area (Å²) >= 11 is 1.79. The molecule has 0 bridgehead atoms. The third kappa shape index (κ3) is 6.32. The van der Waals surface area contributed by atoms with Crippen LogP contribution in [0, 0.1) is 0 Å². The van der Waals surface area contributed by atoms with Crippen LogP contribution >= 0.6 is 11.3 Å². The van der Waals surface area contributed by atoms with E-state index in [1.807, 2.05) is 6.07 Å². The lowest BCUT2D eigenvalue weighted by atomic mass is 9.91. The molecule has 0 fully saturated rings.